The number of rotatable bonds is 4. The van der Waals surface area contributed by atoms with Gasteiger partial charge in [-0.2, -0.15) is 0 Å². The van der Waals surface area contributed by atoms with Gasteiger partial charge in [0.05, 0.1) is 0 Å². The maximum atomic E-state index is 8.40. The van der Waals surface area contributed by atoms with Crippen molar-refractivity contribution >= 4 is 0 Å². The lowest BCUT2D eigenvalue weighted by Gasteiger charge is -1.97. The molecule has 1 heteroatoms. The van der Waals surface area contributed by atoms with Crippen LogP contribution in [0.1, 0.15) is 26.2 Å². The van der Waals surface area contributed by atoms with Crippen LogP contribution in [0.25, 0.3) is 0 Å². The van der Waals surface area contributed by atoms with Gasteiger partial charge in [0.2, 0.25) is 0 Å². The van der Waals surface area contributed by atoms with E-state index in [0.717, 1.165) is 24.8 Å². The Balaban J connectivity index is 3.06. The summed E-state index contributed by atoms with van der Waals surface area (Å²) in [5.41, 5.74) is 1.16. The summed E-state index contributed by atoms with van der Waals surface area (Å²) in [6, 6.07) is 0. The van der Waals surface area contributed by atoms with Gasteiger partial charge in [-0.1, -0.05) is 25.5 Å². The van der Waals surface area contributed by atoms with Crippen LogP contribution >= 0.6 is 0 Å². The van der Waals surface area contributed by atoms with Crippen LogP contribution in [0.3, 0.4) is 0 Å². The molecule has 0 aromatic rings. The van der Waals surface area contributed by atoms with E-state index in [1.165, 1.54) is 0 Å². The molecule has 0 radical (unpaired) electrons. The van der Waals surface area contributed by atoms with Crippen molar-refractivity contribution in [2.45, 2.75) is 26.2 Å². The molecular formula is C7H14O. The van der Waals surface area contributed by atoms with Crippen LogP contribution < -0.4 is 0 Å². The van der Waals surface area contributed by atoms with E-state index in [-0.39, 0.29) is 6.61 Å². The second kappa shape index (κ2) is 4.85. The molecule has 0 atom stereocenters. The molecule has 0 rings (SSSR count). The van der Waals surface area contributed by atoms with Crippen LogP contribution in [-0.2, 0) is 0 Å². The van der Waals surface area contributed by atoms with Crippen LogP contribution in [0.15, 0.2) is 12.2 Å². The van der Waals surface area contributed by atoms with E-state index in [9.17, 15) is 0 Å². The third kappa shape index (κ3) is 3.88. The Morgan fingerprint density at radius 1 is 1.50 bits per heavy atom. The van der Waals surface area contributed by atoms with Gasteiger partial charge in [0.25, 0.3) is 0 Å². The van der Waals surface area contributed by atoms with Crippen molar-refractivity contribution in [3.05, 3.63) is 12.2 Å². The van der Waals surface area contributed by atoms with Crippen molar-refractivity contribution < 1.29 is 5.11 Å². The molecule has 0 amide bonds. The van der Waals surface area contributed by atoms with E-state index in [2.05, 4.69) is 13.5 Å². The lowest BCUT2D eigenvalue weighted by molar-refractivity contribution is 0.298. The van der Waals surface area contributed by atoms with E-state index in [1.807, 2.05) is 0 Å². The summed E-state index contributed by atoms with van der Waals surface area (Å²) in [5.74, 6) is 0. The molecule has 0 aliphatic carbocycles. The third-order valence-corrected chi connectivity index (χ3v) is 1.07. The highest BCUT2D eigenvalue weighted by Crippen LogP contribution is 2.04. The van der Waals surface area contributed by atoms with Crippen molar-refractivity contribution in [2.24, 2.45) is 0 Å². The average Bonchev–Trinajstić information content (AvgIpc) is 1.68. The highest BCUT2D eigenvalue weighted by atomic mass is 16.2. The van der Waals surface area contributed by atoms with Crippen molar-refractivity contribution in [3.63, 3.8) is 0 Å². The minimum atomic E-state index is 0.249. The zero-order chi connectivity index (χ0) is 6.41. The Hall–Kier alpha value is -0.300. The highest BCUT2D eigenvalue weighted by Gasteiger charge is 1.88. The summed E-state index contributed by atoms with van der Waals surface area (Å²) < 4.78 is 0. The van der Waals surface area contributed by atoms with Gasteiger partial charge >= 0.3 is 0 Å². The van der Waals surface area contributed by atoms with Gasteiger partial charge in [0.1, 0.15) is 0 Å². The summed E-state index contributed by atoms with van der Waals surface area (Å²) in [5, 5.41) is 8.40. The summed E-state index contributed by atoms with van der Waals surface area (Å²) in [6.45, 7) is 6.14. The topological polar surface area (TPSA) is 20.2 Å². The first kappa shape index (κ1) is 7.70. The lowest BCUT2D eigenvalue weighted by atomic mass is 10.1. The van der Waals surface area contributed by atoms with E-state index >= 15 is 0 Å². The van der Waals surface area contributed by atoms with Gasteiger partial charge in [0.15, 0.2) is 0 Å². The van der Waals surface area contributed by atoms with Gasteiger partial charge < -0.3 is 5.11 Å². The molecule has 0 aromatic carbocycles. The second-order valence-electron chi connectivity index (χ2n) is 1.97. The molecule has 8 heavy (non-hydrogen) atoms. The molecule has 1 nitrogen and oxygen atoms in total. The SMILES string of the molecule is C=C(CCC)CCO. The summed E-state index contributed by atoms with van der Waals surface area (Å²) in [6.07, 6.45) is 2.97. The number of aliphatic hydroxyl groups is 1. The first-order valence-electron chi connectivity index (χ1n) is 3.08. The first-order valence-corrected chi connectivity index (χ1v) is 3.08. The molecule has 0 aromatic heterocycles. The lowest BCUT2D eigenvalue weighted by Crippen LogP contribution is -1.85. The fourth-order valence-electron chi connectivity index (χ4n) is 0.637. The minimum Gasteiger partial charge on any atom is -0.396 e. The fraction of sp³-hybridized carbons (Fsp3) is 0.714. The Morgan fingerprint density at radius 2 is 2.12 bits per heavy atom. The quantitative estimate of drug-likeness (QED) is 0.552. The van der Waals surface area contributed by atoms with Crippen LogP contribution in [0, 0.1) is 0 Å². The molecule has 0 aliphatic rings. The molecule has 0 heterocycles. The molecule has 0 fully saturated rings. The highest BCUT2D eigenvalue weighted by molar-refractivity contribution is 4.92. The molecule has 0 aliphatic heterocycles. The van der Waals surface area contributed by atoms with Crippen LogP contribution in [0.2, 0.25) is 0 Å². The number of hydrogen-bond donors (Lipinski definition) is 1. The Labute approximate surface area is 51.0 Å². The van der Waals surface area contributed by atoms with Gasteiger partial charge in [-0.25, -0.2) is 0 Å². The van der Waals surface area contributed by atoms with Gasteiger partial charge in [-0.15, -0.1) is 0 Å². The van der Waals surface area contributed by atoms with Crippen LogP contribution in [0.5, 0.6) is 0 Å². The molecule has 0 saturated carbocycles. The Kier molecular flexibility index (Phi) is 4.67. The molecule has 1 N–H and O–H groups in total. The normalized spacial score (nSPS) is 9.25. The zero-order valence-electron chi connectivity index (χ0n) is 5.48. The van der Waals surface area contributed by atoms with Crippen molar-refractivity contribution in [2.75, 3.05) is 6.61 Å². The van der Waals surface area contributed by atoms with E-state index < -0.39 is 0 Å². The van der Waals surface area contributed by atoms with Crippen LogP contribution in [0.4, 0.5) is 0 Å². The van der Waals surface area contributed by atoms with E-state index in [4.69, 9.17) is 5.11 Å². The molecular weight excluding hydrogens is 100 g/mol. The van der Waals surface area contributed by atoms with E-state index in [1.54, 1.807) is 0 Å². The zero-order valence-corrected chi connectivity index (χ0v) is 5.48. The molecule has 0 bridgehead atoms. The predicted molar refractivity (Wildman–Crippen MR) is 35.8 cm³/mol. The maximum absolute atomic E-state index is 8.40. The van der Waals surface area contributed by atoms with E-state index in [0.29, 0.717) is 0 Å². The van der Waals surface area contributed by atoms with Gasteiger partial charge in [-0.05, 0) is 12.8 Å². The van der Waals surface area contributed by atoms with Crippen molar-refractivity contribution in [1.82, 2.24) is 0 Å². The summed E-state index contributed by atoms with van der Waals surface area (Å²) in [7, 11) is 0. The molecule has 0 saturated heterocycles. The largest absolute Gasteiger partial charge is 0.396 e. The maximum Gasteiger partial charge on any atom is 0.0468 e. The van der Waals surface area contributed by atoms with Gasteiger partial charge in [0, 0.05) is 6.61 Å². The van der Waals surface area contributed by atoms with Crippen molar-refractivity contribution in [1.29, 1.82) is 0 Å². The third-order valence-electron chi connectivity index (χ3n) is 1.07. The standard InChI is InChI=1S/C7H14O/c1-3-4-7(2)5-6-8/h8H,2-6H2,1H3. The minimum absolute atomic E-state index is 0.249. The predicted octanol–water partition coefficient (Wildman–Crippen LogP) is 1.73. The van der Waals surface area contributed by atoms with Crippen molar-refractivity contribution in [3.8, 4) is 0 Å². The first-order chi connectivity index (χ1) is 3.81. The monoisotopic (exact) mass is 114 g/mol. The smallest absolute Gasteiger partial charge is 0.0468 e. The Bertz CT molecular complexity index is 58.8. The summed E-state index contributed by atoms with van der Waals surface area (Å²) >= 11 is 0. The van der Waals surface area contributed by atoms with Crippen LogP contribution in [-0.4, -0.2) is 11.7 Å². The summed E-state index contributed by atoms with van der Waals surface area (Å²) in [4.78, 5) is 0. The molecule has 0 spiro atoms. The molecule has 48 valence electrons. The average molecular weight is 114 g/mol. The second-order valence-corrected chi connectivity index (χ2v) is 1.97. The fourth-order valence-corrected chi connectivity index (χ4v) is 0.637. The number of hydrogen-bond acceptors (Lipinski definition) is 1. The van der Waals surface area contributed by atoms with Gasteiger partial charge in [-0.3, -0.25) is 0 Å². The Morgan fingerprint density at radius 3 is 2.50 bits per heavy atom. The number of aliphatic hydroxyl groups excluding tert-OH is 1. The molecule has 0 unspecified atom stereocenters.